The molecule has 1 unspecified atom stereocenters. The van der Waals surface area contributed by atoms with Crippen LogP contribution in [0.15, 0.2) is 18.5 Å². The summed E-state index contributed by atoms with van der Waals surface area (Å²) in [6.45, 7) is -0.271. The Hall–Kier alpha value is -1.96. The van der Waals surface area contributed by atoms with E-state index in [4.69, 9.17) is 16.3 Å². The smallest absolute Gasteiger partial charge is 0.408 e. The number of hydrogen-bond acceptors (Lipinski definition) is 4. The summed E-state index contributed by atoms with van der Waals surface area (Å²) in [4.78, 5) is 30.2. The first-order valence-electron chi connectivity index (χ1n) is 7.59. The summed E-state index contributed by atoms with van der Waals surface area (Å²) in [5.41, 5.74) is 0. The molecule has 1 atom stereocenters. The molecule has 2 amide bonds. The van der Waals surface area contributed by atoms with Crippen molar-refractivity contribution in [2.45, 2.75) is 31.2 Å². The van der Waals surface area contributed by atoms with E-state index >= 15 is 0 Å². The van der Waals surface area contributed by atoms with Gasteiger partial charge in [0.1, 0.15) is 0 Å². The Morgan fingerprint density at radius 2 is 2.21 bits per heavy atom. The lowest BCUT2D eigenvalue weighted by atomic mass is 10.0. The SMILES string of the molecule is O=C(Oc1cncc(Cl)c1)N1CC(N2CCCC2=O)CC(F)(F)C1. The summed E-state index contributed by atoms with van der Waals surface area (Å²) in [7, 11) is 0. The fraction of sp³-hybridized carbons (Fsp3) is 0.533. The van der Waals surface area contributed by atoms with Gasteiger partial charge in [-0.25, -0.2) is 13.6 Å². The second-order valence-corrected chi connectivity index (χ2v) is 6.43. The number of pyridine rings is 1. The van der Waals surface area contributed by atoms with Crippen molar-refractivity contribution in [3.8, 4) is 5.75 Å². The van der Waals surface area contributed by atoms with E-state index in [1.165, 1.54) is 23.4 Å². The van der Waals surface area contributed by atoms with Gasteiger partial charge in [0.2, 0.25) is 5.91 Å². The van der Waals surface area contributed by atoms with E-state index in [9.17, 15) is 18.4 Å². The van der Waals surface area contributed by atoms with Gasteiger partial charge in [0, 0.05) is 38.2 Å². The van der Waals surface area contributed by atoms with Gasteiger partial charge in [-0.2, -0.15) is 0 Å². The molecular weight excluding hydrogens is 344 g/mol. The van der Waals surface area contributed by atoms with Crippen molar-refractivity contribution in [2.24, 2.45) is 0 Å². The summed E-state index contributed by atoms with van der Waals surface area (Å²) in [6.07, 6.45) is 2.30. The maximum Gasteiger partial charge on any atom is 0.415 e. The molecule has 0 bridgehead atoms. The molecule has 3 rings (SSSR count). The molecule has 24 heavy (non-hydrogen) atoms. The highest BCUT2D eigenvalue weighted by Gasteiger charge is 2.46. The quantitative estimate of drug-likeness (QED) is 0.814. The number of amides is 2. The molecule has 2 aliphatic heterocycles. The van der Waals surface area contributed by atoms with Crippen LogP contribution in [0, 0.1) is 0 Å². The number of aromatic nitrogens is 1. The molecule has 0 spiro atoms. The van der Waals surface area contributed by atoms with Crippen LogP contribution in [0.25, 0.3) is 0 Å². The fourth-order valence-corrected chi connectivity index (χ4v) is 3.25. The van der Waals surface area contributed by atoms with Crippen molar-refractivity contribution in [3.05, 3.63) is 23.5 Å². The Morgan fingerprint density at radius 3 is 2.88 bits per heavy atom. The maximum absolute atomic E-state index is 14.0. The van der Waals surface area contributed by atoms with Crippen LogP contribution in [-0.4, -0.2) is 58.4 Å². The average molecular weight is 360 g/mol. The molecule has 0 N–H and O–H groups in total. The zero-order chi connectivity index (χ0) is 17.3. The van der Waals surface area contributed by atoms with Crippen LogP contribution in [0.1, 0.15) is 19.3 Å². The van der Waals surface area contributed by atoms with Gasteiger partial charge in [-0.05, 0) is 6.42 Å². The molecule has 3 heterocycles. The average Bonchev–Trinajstić information content (AvgIpc) is 2.92. The van der Waals surface area contributed by atoms with Crippen LogP contribution < -0.4 is 4.74 Å². The second kappa shape index (κ2) is 6.51. The first-order valence-corrected chi connectivity index (χ1v) is 7.96. The highest BCUT2D eigenvalue weighted by Crippen LogP contribution is 2.32. The Morgan fingerprint density at radius 1 is 1.42 bits per heavy atom. The van der Waals surface area contributed by atoms with E-state index < -0.39 is 31.0 Å². The number of likely N-dealkylation sites (tertiary alicyclic amines) is 2. The summed E-state index contributed by atoms with van der Waals surface area (Å²) in [6, 6.07) is 0.671. The lowest BCUT2D eigenvalue weighted by molar-refractivity contribution is -0.135. The topological polar surface area (TPSA) is 62.7 Å². The van der Waals surface area contributed by atoms with Crippen molar-refractivity contribution in [3.63, 3.8) is 0 Å². The van der Waals surface area contributed by atoms with Gasteiger partial charge in [-0.15, -0.1) is 0 Å². The number of carbonyl (C=O) groups excluding carboxylic acids is 2. The van der Waals surface area contributed by atoms with Gasteiger partial charge >= 0.3 is 6.09 Å². The van der Waals surface area contributed by atoms with Gasteiger partial charge in [0.15, 0.2) is 5.75 Å². The van der Waals surface area contributed by atoms with E-state index in [1.807, 2.05) is 0 Å². The van der Waals surface area contributed by atoms with Crippen molar-refractivity contribution in [1.29, 1.82) is 0 Å². The lowest BCUT2D eigenvalue weighted by Crippen LogP contribution is -2.57. The Bertz CT molecular complexity index is 659. The number of rotatable bonds is 2. The molecule has 130 valence electrons. The van der Waals surface area contributed by atoms with E-state index in [1.54, 1.807) is 0 Å². The Labute approximate surface area is 142 Å². The predicted octanol–water partition coefficient (Wildman–Crippen LogP) is 2.57. The molecule has 2 fully saturated rings. The predicted molar refractivity (Wildman–Crippen MR) is 81.1 cm³/mol. The summed E-state index contributed by atoms with van der Waals surface area (Å²) in [5.74, 6) is -3.14. The third kappa shape index (κ3) is 3.75. The van der Waals surface area contributed by atoms with Crippen LogP contribution in [0.4, 0.5) is 13.6 Å². The lowest BCUT2D eigenvalue weighted by Gasteiger charge is -2.40. The number of piperidine rings is 1. The van der Waals surface area contributed by atoms with Gasteiger partial charge in [0.05, 0.1) is 23.8 Å². The molecule has 0 aliphatic carbocycles. The maximum atomic E-state index is 14.0. The molecule has 0 saturated carbocycles. The van der Waals surface area contributed by atoms with E-state index in [-0.39, 0.29) is 23.2 Å². The molecule has 0 radical (unpaired) electrons. The molecule has 1 aromatic heterocycles. The normalized spacial score (nSPS) is 23.5. The van der Waals surface area contributed by atoms with Crippen molar-refractivity contribution < 1.29 is 23.1 Å². The number of alkyl halides is 2. The monoisotopic (exact) mass is 359 g/mol. The minimum Gasteiger partial charge on any atom is -0.408 e. The van der Waals surface area contributed by atoms with Gasteiger partial charge in [0.25, 0.3) is 5.92 Å². The number of halogens is 3. The molecule has 2 saturated heterocycles. The molecular formula is C15H16ClF2N3O3. The van der Waals surface area contributed by atoms with E-state index in [0.717, 1.165) is 4.90 Å². The van der Waals surface area contributed by atoms with Crippen LogP contribution in [-0.2, 0) is 4.79 Å². The standard InChI is InChI=1S/C15H16ClF2N3O3/c16-10-4-12(7-19-6-10)24-14(23)20-8-11(5-15(17,18)9-20)21-3-1-2-13(21)22/h4,6-7,11H,1-3,5,8-9H2. The summed E-state index contributed by atoms with van der Waals surface area (Å²) < 4.78 is 33.1. The molecule has 2 aliphatic rings. The van der Waals surface area contributed by atoms with E-state index in [0.29, 0.717) is 19.4 Å². The number of ether oxygens (including phenoxy) is 1. The third-order valence-corrected chi connectivity index (χ3v) is 4.29. The highest BCUT2D eigenvalue weighted by atomic mass is 35.5. The first-order chi connectivity index (χ1) is 11.3. The third-order valence-electron chi connectivity index (χ3n) is 4.08. The molecule has 6 nitrogen and oxygen atoms in total. The van der Waals surface area contributed by atoms with Crippen LogP contribution in [0.3, 0.4) is 0 Å². The Balaban J connectivity index is 1.71. The minimum absolute atomic E-state index is 0.0220. The molecule has 1 aromatic rings. The Kier molecular flexibility index (Phi) is 4.58. The first kappa shape index (κ1) is 16.9. The number of carbonyl (C=O) groups is 2. The van der Waals surface area contributed by atoms with Crippen molar-refractivity contribution in [1.82, 2.24) is 14.8 Å². The van der Waals surface area contributed by atoms with Crippen molar-refractivity contribution in [2.75, 3.05) is 19.6 Å². The zero-order valence-corrected chi connectivity index (χ0v) is 13.5. The molecule has 0 aromatic carbocycles. The van der Waals surface area contributed by atoms with Gasteiger partial charge < -0.3 is 9.64 Å². The van der Waals surface area contributed by atoms with Gasteiger partial charge in [-0.3, -0.25) is 14.7 Å². The number of nitrogens with zero attached hydrogens (tertiary/aromatic N) is 3. The highest BCUT2D eigenvalue weighted by molar-refractivity contribution is 6.30. The zero-order valence-electron chi connectivity index (χ0n) is 12.8. The minimum atomic E-state index is -3.07. The van der Waals surface area contributed by atoms with Crippen LogP contribution in [0.2, 0.25) is 5.02 Å². The molecule has 9 heteroatoms. The summed E-state index contributed by atoms with van der Waals surface area (Å²) in [5, 5.41) is 0.268. The van der Waals surface area contributed by atoms with Crippen LogP contribution in [0.5, 0.6) is 5.75 Å². The largest absolute Gasteiger partial charge is 0.415 e. The number of hydrogen-bond donors (Lipinski definition) is 0. The van der Waals surface area contributed by atoms with E-state index in [2.05, 4.69) is 4.98 Å². The van der Waals surface area contributed by atoms with Crippen molar-refractivity contribution >= 4 is 23.6 Å². The van der Waals surface area contributed by atoms with Crippen LogP contribution >= 0.6 is 11.6 Å². The fourth-order valence-electron chi connectivity index (χ4n) is 3.09. The van der Waals surface area contributed by atoms with Gasteiger partial charge in [-0.1, -0.05) is 11.6 Å². The summed E-state index contributed by atoms with van der Waals surface area (Å²) >= 11 is 5.75. The second-order valence-electron chi connectivity index (χ2n) is 5.99.